The minimum Gasteiger partial charge on any atom is -0.357 e. The lowest BCUT2D eigenvalue weighted by atomic mass is 10.2. The summed E-state index contributed by atoms with van der Waals surface area (Å²) in [5.41, 5.74) is 1.10. The van der Waals surface area contributed by atoms with Crippen molar-refractivity contribution in [3.05, 3.63) is 35.9 Å². The van der Waals surface area contributed by atoms with Gasteiger partial charge >= 0.3 is 0 Å². The first-order valence-electron chi connectivity index (χ1n) is 3.72. The third-order valence-corrected chi connectivity index (χ3v) is 1.38. The molecule has 12 heavy (non-hydrogen) atoms. The lowest BCUT2D eigenvalue weighted by Gasteiger charge is -2.01. The Morgan fingerprint density at radius 3 is 2.75 bits per heavy atom. The summed E-state index contributed by atoms with van der Waals surface area (Å²) in [7, 11) is 0. The molecule has 1 rings (SSSR count). The molecule has 0 bridgehead atoms. The van der Waals surface area contributed by atoms with E-state index in [2.05, 4.69) is 5.32 Å². The second-order valence-corrected chi connectivity index (χ2v) is 2.30. The molecule has 0 aromatic heterocycles. The zero-order valence-electron chi connectivity index (χ0n) is 6.69. The molecule has 0 aliphatic heterocycles. The van der Waals surface area contributed by atoms with Crippen molar-refractivity contribution in [2.75, 3.05) is 6.73 Å². The fourth-order valence-corrected chi connectivity index (χ4v) is 0.836. The van der Waals surface area contributed by atoms with Crippen molar-refractivity contribution in [2.45, 2.75) is 6.61 Å². The number of nitrogens with one attached hydrogen (secondary N) is 1. The van der Waals surface area contributed by atoms with E-state index < -0.39 is 0 Å². The van der Waals surface area contributed by atoms with Crippen LogP contribution in [0.15, 0.2) is 30.3 Å². The van der Waals surface area contributed by atoms with E-state index in [1.54, 1.807) is 0 Å². The van der Waals surface area contributed by atoms with Gasteiger partial charge in [-0.15, -0.1) is 0 Å². The summed E-state index contributed by atoms with van der Waals surface area (Å²) < 4.78 is 5.12. The van der Waals surface area contributed by atoms with Crippen LogP contribution in [0.2, 0.25) is 0 Å². The maximum atomic E-state index is 9.83. The number of benzene rings is 1. The summed E-state index contributed by atoms with van der Waals surface area (Å²) in [6.07, 6.45) is 0.616. The molecular weight excluding hydrogens is 154 g/mol. The summed E-state index contributed by atoms with van der Waals surface area (Å²) in [5, 5.41) is 2.42. The molecule has 0 saturated heterocycles. The molecule has 3 nitrogen and oxygen atoms in total. The highest BCUT2D eigenvalue weighted by Gasteiger charge is 1.89. The summed E-state index contributed by atoms with van der Waals surface area (Å²) in [6.45, 7) is 0.792. The topological polar surface area (TPSA) is 38.3 Å². The Balaban J connectivity index is 2.20. The SMILES string of the molecule is O=CNCOCc1ccccc1. The average Bonchev–Trinajstić information content (AvgIpc) is 2.14. The van der Waals surface area contributed by atoms with Crippen LogP contribution in [0.1, 0.15) is 5.56 Å². The van der Waals surface area contributed by atoms with E-state index in [0.29, 0.717) is 13.0 Å². The van der Waals surface area contributed by atoms with Crippen LogP contribution in [-0.2, 0) is 16.1 Å². The van der Waals surface area contributed by atoms with Crippen molar-refractivity contribution in [3.63, 3.8) is 0 Å². The van der Waals surface area contributed by atoms with E-state index >= 15 is 0 Å². The van der Waals surface area contributed by atoms with Crippen LogP contribution in [0.4, 0.5) is 0 Å². The fourth-order valence-electron chi connectivity index (χ4n) is 0.836. The Labute approximate surface area is 71.4 Å². The van der Waals surface area contributed by atoms with E-state index in [1.807, 2.05) is 30.3 Å². The van der Waals surface area contributed by atoms with Gasteiger partial charge in [0.15, 0.2) is 0 Å². The molecule has 0 aliphatic carbocycles. The van der Waals surface area contributed by atoms with E-state index in [9.17, 15) is 4.79 Å². The van der Waals surface area contributed by atoms with Gasteiger partial charge in [-0.3, -0.25) is 4.79 Å². The van der Waals surface area contributed by atoms with Gasteiger partial charge in [0.05, 0.1) is 6.61 Å². The smallest absolute Gasteiger partial charge is 0.208 e. The van der Waals surface area contributed by atoms with Gasteiger partial charge in [-0.2, -0.15) is 0 Å². The molecule has 1 aromatic carbocycles. The second kappa shape index (κ2) is 5.32. The van der Waals surface area contributed by atoms with Crippen molar-refractivity contribution in [3.8, 4) is 0 Å². The van der Waals surface area contributed by atoms with E-state index in [1.165, 1.54) is 0 Å². The van der Waals surface area contributed by atoms with Crippen LogP contribution >= 0.6 is 0 Å². The van der Waals surface area contributed by atoms with Crippen molar-refractivity contribution >= 4 is 6.41 Å². The normalized spacial score (nSPS) is 9.33. The average molecular weight is 165 g/mol. The van der Waals surface area contributed by atoms with Crippen LogP contribution in [0.3, 0.4) is 0 Å². The summed E-state index contributed by atoms with van der Waals surface area (Å²) >= 11 is 0. The quantitative estimate of drug-likeness (QED) is 0.400. The molecule has 3 heteroatoms. The highest BCUT2D eigenvalue weighted by atomic mass is 16.5. The van der Waals surface area contributed by atoms with Crippen molar-refractivity contribution in [1.29, 1.82) is 0 Å². The number of hydrogen-bond acceptors (Lipinski definition) is 2. The standard InChI is InChI=1S/C9H11NO2/c11-7-10-8-12-6-9-4-2-1-3-5-9/h1-5,7H,6,8H2,(H,10,11). The van der Waals surface area contributed by atoms with Crippen LogP contribution in [0, 0.1) is 0 Å². The molecule has 64 valence electrons. The first-order valence-corrected chi connectivity index (χ1v) is 3.72. The summed E-state index contributed by atoms with van der Waals surface area (Å²) in [5.74, 6) is 0. The summed E-state index contributed by atoms with van der Waals surface area (Å²) in [6, 6.07) is 9.80. The van der Waals surface area contributed by atoms with E-state index in [0.717, 1.165) is 5.56 Å². The van der Waals surface area contributed by atoms with E-state index in [4.69, 9.17) is 4.74 Å². The van der Waals surface area contributed by atoms with Gasteiger partial charge in [-0.05, 0) is 5.56 Å². The largest absolute Gasteiger partial charge is 0.357 e. The Hall–Kier alpha value is -1.35. The molecule has 0 unspecified atom stereocenters. The van der Waals surface area contributed by atoms with Gasteiger partial charge in [0, 0.05) is 0 Å². The molecule has 0 radical (unpaired) electrons. The molecule has 0 aliphatic rings. The minimum atomic E-state index is 0.262. The predicted molar refractivity (Wildman–Crippen MR) is 45.3 cm³/mol. The molecular formula is C9H11NO2. The van der Waals surface area contributed by atoms with Crippen molar-refractivity contribution in [1.82, 2.24) is 5.32 Å². The molecule has 0 spiro atoms. The first kappa shape index (κ1) is 8.74. The summed E-state index contributed by atoms with van der Waals surface area (Å²) in [4.78, 5) is 9.83. The second-order valence-electron chi connectivity index (χ2n) is 2.30. The molecule has 0 heterocycles. The number of carbonyl (C=O) groups is 1. The molecule has 0 atom stereocenters. The Bertz CT molecular complexity index is 223. The third-order valence-electron chi connectivity index (χ3n) is 1.38. The van der Waals surface area contributed by atoms with Gasteiger partial charge in [-0.25, -0.2) is 0 Å². The highest BCUT2D eigenvalue weighted by Crippen LogP contribution is 1.99. The lowest BCUT2D eigenvalue weighted by molar-refractivity contribution is -0.111. The Morgan fingerprint density at radius 1 is 1.33 bits per heavy atom. The van der Waals surface area contributed by atoms with Crippen LogP contribution in [-0.4, -0.2) is 13.1 Å². The third kappa shape index (κ3) is 3.16. The predicted octanol–water partition coefficient (Wildman–Crippen LogP) is 0.907. The number of hydrogen-bond donors (Lipinski definition) is 1. The van der Waals surface area contributed by atoms with Gasteiger partial charge in [0.2, 0.25) is 6.41 Å². The Kier molecular flexibility index (Phi) is 3.88. The van der Waals surface area contributed by atoms with Crippen molar-refractivity contribution in [2.24, 2.45) is 0 Å². The zero-order chi connectivity index (χ0) is 8.65. The first-order chi connectivity index (χ1) is 5.93. The molecule has 1 aromatic rings. The molecule has 0 fully saturated rings. The maximum absolute atomic E-state index is 9.83. The maximum Gasteiger partial charge on any atom is 0.208 e. The monoisotopic (exact) mass is 165 g/mol. The minimum absolute atomic E-state index is 0.262. The van der Waals surface area contributed by atoms with E-state index in [-0.39, 0.29) is 6.73 Å². The van der Waals surface area contributed by atoms with Gasteiger partial charge in [-0.1, -0.05) is 30.3 Å². The van der Waals surface area contributed by atoms with Crippen LogP contribution in [0.25, 0.3) is 0 Å². The van der Waals surface area contributed by atoms with Crippen molar-refractivity contribution < 1.29 is 9.53 Å². The lowest BCUT2D eigenvalue weighted by Crippen LogP contribution is -2.14. The zero-order valence-corrected chi connectivity index (χ0v) is 6.69. The van der Waals surface area contributed by atoms with Crippen LogP contribution in [0.5, 0.6) is 0 Å². The molecule has 1 N–H and O–H groups in total. The number of carbonyl (C=O) groups excluding carboxylic acids is 1. The van der Waals surface area contributed by atoms with Gasteiger partial charge < -0.3 is 10.1 Å². The highest BCUT2D eigenvalue weighted by molar-refractivity contribution is 5.45. The molecule has 0 saturated carbocycles. The van der Waals surface area contributed by atoms with Crippen LogP contribution < -0.4 is 5.32 Å². The number of rotatable bonds is 5. The number of ether oxygens (including phenoxy) is 1. The van der Waals surface area contributed by atoms with Gasteiger partial charge in [0.1, 0.15) is 6.73 Å². The Morgan fingerprint density at radius 2 is 2.08 bits per heavy atom. The number of amides is 1. The fraction of sp³-hybridized carbons (Fsp3) is 0.222. The van der Waals surface area contributed by atoms with Gasteiger partial charge in [0.25, 0.3) is 0 Å². The molecule has 1 amide bonds.